The average molecular weight is 273 g/mol. The summed E-state index contributed by atoms with van der Waals surface area (Å²) in [4.78, 5) is 17.9. The summed E-state index contributed by atoms with van der Waals surface area (Å²) in [6.07, 6.45) is 2.57. The fourth-order valence-corrected chi connectivity index (χ4v) is 1.67. The van der Waals surface area contributed by atoms with Crippen LogP contribution in [0.4, 0.5) is 5.69 Å². The van der Waals surface area contributed by atoms with Crippen molar-refractivity contribution in [2.75, 3.05) is 0 Å². The molecule has 0 fully saturated rings. The van der Waals surface area contributed by atoms with Crippen LogP contribution in [-0.4, -0.2) is 19.5 Å². The van der Waals surface area contributed by atoms with Crippen LogP contribution in [0.5, 0.6) is 0 Å². The quantitative estimate of drug-likeness (QED) is 0.622. The van der Waals surface area contributed by atoms with Gasteiger partial charge in [0.15, 0.2) is 10.3 Å². The number of aromatic nitrogens is 3. The summed E-state index contributed by atoms with van der Waals surface area (Å²) < 4.78 is 1.46. The molecular formula is C9H6Cl2N4O2. The van der Waals surface area contributed by atoms with Gasteiger partial charge in [0.1, 0.15) is 18.3 Å². The van der Waals surface area contributed by atoms with Gasteiger partial charge in [-0.05, 0) is 12.5 Å². The molecular weight excluding hydrogens is 267 g/mol. The van der Waals surface area contributed by atoms with Crippen LogP contribution < -0.4 is 0 Å². The number of pyridine rings is 1. The molecule has 0 amide bonds. The van der Waals surface area contributed by atoms with Gasteiger partial charge in [-0.3, -0.25) is 14.7 Å². The Kier molecular flexibility index (Phi) is 2.99. The highest BCUT2D eigenvalue weighted by Crippen LogP contribution is 2.25. The molecule has 0 unspecified atom stereocenters. The Balaban J connectivity index is 2.54. The lowest BCUT2D eigenvalue weighted by Gasteiger charge is -2.05. The van der Waals surface area contributed by atoms with E-state index in [0.717, 1.165) is 6.20 Å². The molecule has 0 saturated carbocycles. The first-order chi connectivity index (χ1) is 8.00. The predicted molar refractivity (Wildman–Crippen MR) is 62.8 cm³/mol. The lowest BCUT2D eigenvalue weighted by atomic mass is 10.2. The van der Waals surface area contributed by atoms with Gasteiger partial charge in [0.25, 0.3) is 5.69 Å². The maximum atomic E-state index is 10.6. The highest BCUT2D eigenvalue weighted by atomic mass is 35.5. The Morgan fingerprint density at radius 3 is 2.59 bits per heavy atom. The SMILES string of the molecule is Cc1cc([N+](=O)[O-])cnc1-n1cnc(Cl)c1Cl. The van der Waals surface area contributed by atoms with Crippen molar-refractivity contribution in [3.8, 4) is 5.82 Å². The summed E-state index contributed by atoms with van der Waals surface area (Å²) >= 11 is 11.6. The highest BCUT2D eigenvalue weighted by molar-refractivity contribution is 6.40. The molecule has 6 nitrogen and oxygen atoms in total. The van der Waals surface area contributed by atoms with Crippen LogP contribution >= 0.6 is 23.2 Å². The summed E-state index contributed by atoms with van der Waals surface area (Å²) in [6.45, 7) is 1.69. The molecule has 2 rings (SSSR count). The average Bonchev–Trinajstić information content (AvgIpc) is 2.60. The summed E-state index contributed by atoms with van der Waals surface area (Å²) in [5, 5.41) is 10.9. The van der Waals surface area contributed by atoms with Crippen LogP contribution in [0.15, 0.2) is 18.6 Å². The fourth-order valence-electron chi connectivity index (χ4n) is 1.36. The van der Waals surface area contributed by atoms with Gasteiger partial charge in [0.05, 0.1) is 4.92 Å². The maximum Gasteiger partial charge on any atom is 0.287 e. The van der Waals surface area contributed by atoms with Crippen molar-refractivity contribution < 1.29 is 4.92 Å². The lowest BCUT2D eigenvalue weighted by molar-refractivity contribution is -0.385. The summed E-state index contributed by atoms with van der Waals surface area (Å²) in [6, 6.07) is 1.41. The molecule has 0 N–H and O–H groups in total. The third-order valence-corrected chi connectivity index (χ3v) is 2.88. The topological polar surface area (TPSA) is 73.8 Å². The first kappa shape index (κ1) is 11.8. The smallest absolute Gasteiger partial charge is 0.272 e. The van der Waals surface area contributed by atoms with Gasteiger partial charge in [0.2, 0.25) is 0 Å². The van der Waals surface area contributed by atoms with Gasteiger partial charge in [-0.1, -0.05) is 23.2 Å². The van der Waals surface area contributed by atoms with Crippen LogP contribution in [0.3, 0.4) is 0 Å². The Morgan fingerprint density at radius 1 is 1.41 bits per heavy atom. The van der Waals surface area contributed by atoms with Crippen LogP contribution in [0, 0.1) is 17.0 Å². The maximum absolute atomic E-state index is 10.6. The standard InChI is InChI=1S/C9H6Cl2N4O2/c1-5-2-6(15(16)17)3-12-9(5)14-4-13-7(10)8(14)11/h2-4H,1H3. The van der Waals surface area contributed by atoms with Gasteiger partial charge in [-0.25, -0.2) is 9.97 Å². The van der Waals surface area contributed by atoms with Crippen LogP contribution in [0.1, 0.15) is 5.56 Å². The molecule has 2 aromatic rings. The molecule has 0 spiro atoms. The molecule has 0 saturated heterocycles. The minimum Gasteiger partial charge on any atom is -0.272 e. The van der Waals surface area contributed by atoms with Gasteiger partial charge in [-0.15, -0.1) is 0 Å². The van der Waals surface area contributed by atoms with Crippen molar-refractivity contribution in [1.82, 2.24) is 14.5 Å². The van der Waals surface area contributed by atoms with Crippen LogP contribution in [-0.2, 0) is 0 Å². The van der Waals surface area contributed by atoms with E-state index < -0.39 is 4.92 Å². The predicted octanol–water partition coefficient (Wildman–Crippen LogP) is 2.79. The monoisotopic (exact) mass is 272 g/mol. The zero-order valence-electron chi connectivity index (χ0n) is 8.59. The number of aryl methyl sites for hydroxylation is 1. The normalized spacial score (nSPS) is 10.5. The molecule has 0 atom stereocenters. The summed E-state index contributed by atoms with van der Waals surface area (Å²) in [5.41, 5.74) is 0.531. The molecule has 17 heavy (non-hydrogen) atoms. The van der Waals surface area contributed by atoms with Crippen molar-refractivity contribution in [2.24, 2.45) is 0 Å². The molecule has 0 aromatic carbocycles. The van der Waals surface area contributed by atoms with Gasteiger partial charge in [0, 0.05) is 6.07 Å². The second kappa shape index (κ2) is 4.31. The van der Waals surface area contributed by atoms with E-state index in [1.54, 1.807) is 6.92 Å². The van der Waals surface area contributed by atoms with Crippen molar-refractivity contribution in [3.05, 3.63) is 44.6 Å². The van der Waals surface area contributed by atoms with E-state index in [-0.39, 0.29) is 16.0 Å². The molecule has 0 aliphatic carbocycles. The molecule has 2 aromatic heterocycles. The fraction of sp³-hybridized carbons (Fsp3) is 0.111. The zero-order valence-corrected chi connectivity index (χ0v) is 10.1. The van der Waals surface area contributed by atoms with Crippen molar-refractivity contribution >= 4 is 28.9 Å². The summed E-state index contributed by atoms with van der Waals surface area (Å²) in [5.74, 6) is 0.458. The van der Waals surface area contributed by atoms with E-state index in [9.17, 15) is 10.1 Å². The molecule has 0 aliphatic rings. The van der Waals surface area contributed by atoms with Crippen molar-refractivity contribution in [3.63, 3.8) is 0 Å². The molecule has 2 heterocycles. The van der Waals surface area contributed by atoms with E-state index in [2.05, 4.69) is 9.97 Å². The van der Waals surface area contributed by atoms with E-state index in [1.165, 1.54) is 17.0 Å². The second-order valence-electron chi connectivity index (χ2n) is 3.29. The number of nitro groups is 1. The number of hydrogen-bond donors (Lipinski definition) is 0. The zero-order chi connectivity index (χ0) is 12.6. The molecule has 8 heteroatoms. The first-order valence-corrected chi connectivity index (χ1v) is 5.26. The van der Waals surface area contributed by atoms with Gasteiger partial charge in [-0.2, -0.15) is 0 Å². The van der Waals surface area contributed by atoms with Crippen LogP contribution in [0.2, 0.25) is 10.3 Å². The number of halogens is 2. The number of hydrogen-bond acceptors (Lipinski definition) is 4. The van der Waals surface area contributed by atoms with Crippen molar-refractivity contribution in [1.29, 1.82) is 0 Å². The number of imidazole rings is 1. The Hall–Kier alpha value is -1.66. The van der Waals surface area contributed by atoms with E-state index in [1.807, 2.05) is 0 Å². The minimum absolute atomic E-state index is 0.0754. The molecule has 0 aliphatic heterocycles. The van der Waals surface area contributed by atoms with E-state index >= 15 is 0 Å². The highest BCUT2D eigenvalue weighted by Gasteiger charge is 2.14. The van der Waals surface area contributed by atoms with Gasteiger partial charge >= 0.3 is 0 Å². The van der Waals surface area contributed by atoms with E-state index in [4.69, 9.17) is 23.2 Å². The van der Waals surface area contributed by atoms with Crippen molar-refractivity contribution in [2.45, 2.75) is 6.92 Å². The first-order valence-electron chi connectivity index (χ1n) is 4.50. The Labute approximate surface area is 106 Å². The lowest BCUT2D eigenvalue weighted by Crippen LogP contribution is -2.00. The Morgan fingerprint density at radius 2 is 2.12 bits per heavy atom. The van der Waals surface area contributed by atoms with Crippen LogP contribution in [0.25, 0.3) is 5.82 Å². The third-order valence-electron chi connectivity index (χ3n) is 2.14. The van der Waals surface area contributed by atoms with E-state index in [0.29, 0.717) is 11.4 Å². The molecule has 0 bridgehead atoms. The minimum atomic E-state index is -0.508. The third kappa shape index (κ3) is 2.09. The largest absolute Gasteiger partial charge is 0.287 e. The molecule has 0 radical (unpaired) electrons. The van der Waals surface area contributed by atoms with Gasteiger partial charge < -0.3 is 0 Å². The molecule has 88 valence electrons. The number of rotatable bonds is 2. The Bertz CT molecular complexity index is 597. The second-order valence-corrected chi connectivity index (χ2v) is 4.00. The number of nitrogens with zero attached hydrogens (tertiary/aromatic N) is 4. The summed E-state index contributed by atoms with van der Waals surface area (Å²) in [7, 11) is 0.